The minimum Gasteiger partial charge on any atom is -0.395 e. The van der Waals surface area contributed by atoms with Crippen molar-refractivity contribution >= 4 is 5.91 Å². The predicted molar refractivity (Wildman–Crippen MR) is 75.0 cm³/mol. The third-order valence-electron chi connectivity index (χ3n) is 3.88. The number of hydrogen-bond donors (Lipinski definition) is 2. The van der Waals surface area contributed by atoms with E-state index in [1.807, 2.05) is 6.92 Å². The van der Waals surface area contributed by atoms with E-state index in [1.54, 1.807) is 7.11 Å². The quantitative estimate of drug-likeness (QED) is 0.641. The molecule has 1 saturated carbocycles. The molecule has 0 saturated heterocycles. The van der Waals surface area contributed by atoms with Gasteiger partial charge in [-0.2, -0.15) is 0 Å². The van der Waals surface area contributed by atoms with Crippen LogP contribution in [0.2, 0.25) is 0 Å². The van der Waals surface area contributed by atoms with Gasteiger partial charge in [0.15, 0.2) is 0 Å². The molecule has 0 aromatic heterocycles. The van der Waals surface area contributed by atoms with Crippen LogP contribution in [0.25, 0.3) is 0 Å². The summed E-state index contributed by atoms with van der Waals surface area (Å²) in [5, 5.41) is 12.1. The number of carbonyl (C=O) groups is 1. The molecule has 0 aromatic carbocycles. The molecule has 1 aliphatic rings. The van der Waals surface area contributed by atoms with Crippen LogP contribution in [0.4, 0.5) is 0 Å². The number of nitrogens with one attached hydrogen (secondary N) is 1. The maximum absolute atomic E-state index is 12.1. The molecule has 1 unspecified atom stereocenters. The second-order valence-electron chi connectivity index (χ2n) is 5.21. The van der Waals surface area contributed by atoms with E-state index in [0.717, 1.165) is 12.8 Å². The van der Waals surface area contributed by atoms with E-state index < -0.39 is 0 Å². The minimum absolute atomic E-state index is 0.0241. The van der Waals surface area contributed by atoms with Gasteiger partial charge >= 0.3 is 0 Å². The number of amides is 1. The van der Waals surface area contributed by atoms with Crippen molar-refractivity contribution in [2.24, 2.45) is 0 Å². The summed E-state index contributed by atoms with van der Waals surface area (Å²) >= 11 is 0. The van der Waals surface area contributed by atoms with Crippen LogP contribution in [-0.4, -0.2) is 61.4 Å². The number of ether oxygens (including phenoxy) is 1. The third-order valence-corrected chi connectivity index (χ3v) is 3.88. The highest BCUT2D eigenvalue weighted by Gasteiger charge is 2.28. The fourth-order valence-electron chi connectivity index (χ4n) is 2.80. The van der Waals surface area contributed by atoms with Crippen LogP contribution in [0.5, 0.6) is 0 Å². The van der Waals surface area contributed by atoms with Crippen molar-refractivity contribution in [2.45, 2.75) is 51.1 Å². The Bertz CT molecular complexity index is 255. The van der Waals surface area contributed by atoms with Crippen molar-refractivity contribution in [3.8, 4) is 0 Å². The lowest BCUT2D eigenvalue weighted by Gasteiger charge is -2.37. The molecule has 0 aromatic rings. The van der Waals surface area contributed by atoms with Crippen LogP contribution >= 0.6 is 0 Å². The molecule has 1 atom stereocenters. The minimum atomic E-state index is -0.188. The molecule has 0 heterocycles. The second-order valence-corrected chi connectivity index (χ2v) is 5.21. The van der Waals surface area contributed by atoms with Crippen molar-refractivity contribution in [1.82, 2.24) is 10.2 Å². The average Bonchev–Trinajstić information content (AvgIpc) is 2.45. The Morgan fingerprint density at radius 2 is 2.11 bits per heavy atom. The van der Waals surface area contributed by atoms with Crippen molar-refractivity contribution in [1.29, 1.82) is 0 Å². The molecule has 0 spiro atoms. The monoisotopic (exact) mass is 272 g/mol. The van der Waals surface area contributed by atoms with Gasteiger partial charge in [-0.25, -0.2) is 0 Å². The Hall–Kier alpha value is -0.650. The smallest absolute Gasteiger partial charge is 0.237 e. The Morgan fingerprint density at radius 3 is 2.68 bits per heavy atom. The van der Waals surface area contributed by atoms with E-state index in [1.165, 1.54) is 19.3 Å². The van der Waals surface area contributed by atoms with Gasteiger partial charge in [0.05, 0.1) is 19.3 Å². The zero-order valence-corrected chi connectivity index (χ0v) is 12.2. The van der Waals surface area contributed by atoms with E-state index in [0.29, 0.717) is 25.7 Å². The molecule has 5 heteroatoms. The molecular weight excluding hydrogens is 244 g/mol. The highest BCUT2D eigenvalue weighted by Crippen LogP contribution is 2.24. The molecule has 0 radical (unpaired) electrons. The van der Waals surface area contributed by atoms with Gasteiger partial charge in [-0.1, -0.05) is 19.3 Å². The van der Waals surface area contributed by atoms with Gasteiger partial charge in [0.2, 0.25) is 5.91 Å². The Balaban J connectivity index is 2.50. The zero-order chi connectivity index (χ0) is 14.1. The summed E-state index contributed by atoms with van der Waals surface area (Å²) in [7, 11) is 1.62. The first-order valence-electron chi connectivity index (χ1n) is 7.34. The van der Waals surface area contributed by atoms with Gasteiger partial charge in [-0.05, 0) is 19.8 Å². The molecule has 19 heavy (non-hydrogen) atoms. The standard InChI is InChI=1S/C14H28N2O3/c1-12(14(18)15-8-11-19-2)16(9-10-17)13-6-4-3-5-7-13/h12-13,17H,3-11H2,1-2H3,(H,15,18). The summed E-state index contributed by atoms with van der Waals surface area (Å²) in [5.74, 6) is 0.0241. The number of hydrogen-bond acceptors (Lipinski definition) is 4. The summed E-state index contributed by atoms with van der Waals surface area (Å²) in [5.41, 5.74) is 0. The topological polar surface area (TPSA) is 61.8 Å². The Morgan fingerprint density at radius 1 is 1.42 bits per heavy atom. The van der Waals surface area contributed by atoms with E-state index >= 15 is 0 Å². The van der Waals surface area contributed by atoms with Crippen molar-refractivity contribution in [2.75, 3.05) is 33.4 Å². The lowest BCUT2D eigenvalue weighted by molar-refractivity contribution is -0.127. The molecule has 1 fully saturated rings. The third kappa shape index (κ3) is 5.47. The van der Waals surface area contributed by atoms with E-state index in [9.17, 15) is 9.90 Å². The summed E-state index contributed by atoms with van der Waals surface area (Å²) in [6.45, 7) is 3.67. The lowest BCUT2D eigenvalue weighted by atomic mass is 9.93. The highest BCUT2D eigenvalue weighted by molar-refractivity contribution is 5.81. The first kappa shape index (κ1) is 16.4. The molecule has 112 valence electrons. The predicted octanol–water partition coefficient (Wildman–Crippen LogP) is 0.764. The van der Waals surface area contributed by atoms with E-state index in [4.69, 9.17) is 4.74 Å². The largest absolute Gasteiger partial charge is 0.395 e. The van der Waals surface area contributed by atoms with Crippen LogP contribution in [0, 0.1) is 0 Å². The van der Waals surface area contributed by atoms with Crippen LogP contribution in [0.1, 0.15) is 39.0 Å². The van der Waals surface area contributed by atoms with Gasteiger partial charge in [0.1, 0.15) is 0 Å². The van der Waals surface area contributed by atoms with Crippen LogP contribution < -0.4 is 5.32 Å². The van der Waals surface area contributed by atoms with Crippen LogP contribution in [0.3, 0.4) is 0 Å². The number of carbonyl (C=O) groups excluding carboxylic acids is 1. The number of methoxy groups -OCH3 is 1. The van der Waals surface area contributed by atoms with Gasteiger partial charge in [-0.15, -0.1) is 0 Å². The van der Waals surface area contributed by atoms with Crippen LogP contribution in [-0.2, 0) is 9.53 Å². The van der Waals surface area contributed by atoms with Gasteiger partial charge in [0, 0.05) is 26.2 Å². The van der Waals surface area contributed by atoms with E-state index in [2.05, 4.69) is 10.2 Å². The summed E-state index contributed by atoms with van der Waals surface area (Å²) in [6.07, 6.45) is 6.01. The first-order chi connectivity index (χ1) is 9.20. The molecule has 2 N–H and O–H groups in total. The average molecular weight is 272 g/mol. The van der Waals surface area contributed by atoms with Crippen molar-refractivity contribution in [3.63, 3.8) is 0 Å². The van der Waals surface area contributed by atoms with Crippen molar-refractivity contribution < 1.29 is 14.6 Å². The maximum Gasteiger partial charge on any atom is 0.237 e. The van der Waals surface area contributed by atoms with E-state index in [-0.39, 0.29) is 18.6 Å². The second kappa shape index (κ2) is 9.28. The van der Waals surface area contributed by atoms with Gasteiger partial charge in [-0.3, -0.25) is 9.69 Å². The normalized spacial score (nSPS) is 18.5. The molecular formula is C14H28N2O3. The number of rotatable bonds is 8. The van der Waals surface area contributed by atoms with Crippen LogP contribution in [0.15, 0.2) is 0 Å². The molecule has 0 aliphatic heterocycles. The number of aliphatic hydroxyl groups excluding tert-OH is 1. The summed E-state index contributed by atoms with van der Waals surface area (Å²) in [4.78, 5) is 14.2. The molecule has 0 bridgehead atoms. The molecule has 1 amide bonds. The fourth-order valence-corrected chi connectivity index (χ4v) is 2.80. The SMILES string of the molecule is COCCNC(=O)C(C)N(CCO)C1CCCCC1. The Kier molecular flexibility index (Phi) is 8.02. The van der Waals surface area contributed by atoms with Gasteiger partial charge in [0.25, 0.3) is 0 Å². The Labute approximate surface area is 116 Å². The fraction of sp³-hybridized carbons (Fsp3) is 0.929. The summed E-state index contributed by atoms with van der Waals surface area (Å²) in [6, 6.07) is 0.246. The lowest BCUT2D eigenvalue weighted by Crippen LogP contribution is -2.51. The first-order valence-corrected chi connectivity index (χ1v) is 7.34. The molecule has 5 nitrogen and oxygen atoms in total. The molecule has 1 rings (SSSR count). The number of nitrogens with zero attached hydrogens (tertiary/aromatic N) is 1. The summed E-state index contributed by atoms with van der Waals surface area (Å²) < 4.78 is 4.93. The maximum atomic E-state index is 12.1. The number of aliphatic hydroxyl groups is 1. The van der Waals surface area contributed by atoms with Crippen molar-refractivity contribution in [3.05, 3.63) is 0 Å². The van der Waals surface area contributed by atoms with Gasteiger partial charge < -0.3 is 15.2 Å². The zero-order valence-electron chi connectivity index (χ0n) is 12.2. The molecule has 1 aliphatic carbocycles. The highest BCUT2D eigenvalue weighted by atomic mass is 16.5.